The predicted molar refractivity (Wildman–Crippen MR) is 104 cm³/mol. The molecule has 0 aliphatic heterocycles. The van der Waals surface area contributed by atoms with Gasteiger partial charge in [-0.15, -0.1) is 11.8 Å². The molecule has 0 aliphatic carbocycles. The molecule has 30 heavy (non-hydrogen) atoms. The SMILES string of the molecule is O=C(COC(=O)CCSc1ccccc1Cl)Nc1ccc([N+](=O)[O-])cc1C(F)(F)F. The molecule has 0 aromatic heterocycles. The van der Waals surface area contributed by atoms with Crippen LogP contribution in [0.1, 0.15) is 12.0 Å². The van der Waals surface area contributed by atoms with E-state index in [2.05, 4.69) is 0 Å². The molecule has 0 spiro atoms. The van der Waals surface area contributed by atoms with Crippen molar-refractivity contribution in [2.24, 2.45) is 0 Å². The molecule has 0 saturated carbocycles. The van der Waals surface area contributed by atoms with Crippen molar-refractivity contribution in [3.63, 3.8) is 0 Å². The Morgan fingerprint density at radius 1 is 1.20 bits per heavy atom. The number of amides is 1. The van der Waals surface area contributed by atoms with Gasteiger partial charge in [0.05, 0.1) is 27.6 Å². The number of nitro groups is 1. The van der Waals surface area contributed by atoms with Crippen molar-refractivity contribution in [2.75, 3.05) is 17.7 Å². The normalized spacial score (nSPS) is 11.1. The molecule has 0 radical (unpaired) electrons. The molecule has 0 bridgehead atoms. The van der Waals surface area contributed by atoms with Crippen LogP contribution in [0.2, 0.25) is 5.02 Å². The molecule has 1 N–H and O–H groups in total. The minimum atomic E-state index is -4.93. The Kier molecular flexibility index (Phi) is 8.07. The van der Waals surface area contributed by atoms with Crippen LogP contribution < -0.4 is 5.32 Å². The van der Waals surface area contributed by atoms with Crippen LogP contribution in [0.4, 0.5) is 24.5 Å². The third-order valence-corrected chi connectivity index (χ3v) is 5.08. The highest BCUT2D eigenvalue weighted by molar-refractivity contribution is 7.99. The summed E-state index contributed by atoms with van der Waals surface area (Å²) in [6, 6.07) is 8.91. The number of non-ortho nitro benzene ring substituents is 1. The first-order chi connectivity index (χ1) is 14.1. The molecule has 0 unspecified atom stereocenters. The summed E-state index contributed by atoms with van der Waals surface area (Å²) in [7, 11) is 0. The first-order valence-electron chi connectivity index (χ1n) is 8.26. The summed E-state index contributed by atoms with van der Waals surface area (Å²) in [5.74, 6) is -1.41. The Bertz CT molecular complexity index is 956. The molecule has 0 fully saturated rings. The van der Waals surface area contributed by atoms with Gasteiger partial charge in [0.1, 0.15) is 0 Å². The number of ether oxygens (including phenoxy) is 1. The summed E-state index contributed by atoms with van der Waals surface area (Å²) in [5, 5.41) is 13.1. The lowest BCUT2D eigenvalue weighted by molar-refractivity contribution is -0.385. The quantitative estimate of drug-likeness (QED) is 0.258. The summed E-state index contributed by atoms with van der Waals surface area (Å²) >= 11 is 7.29. The van der Waals surface area contributed by atoms with Gasteiger partial charge in [-0.2, -0.15) is 13.2 Å². The third kappa shape index (κ3) is 6.92. The molecular weight excluding hydrogens is 449 g/mol. The fourth-order valence-electron chi connectivity index (χ4n) is 2.20. The molecular formula is C18H14ClF3N2O5S. The van der Waals surface area contributed by atoms with Crippen molar-refractivity contribution in [2.45, 2.75) is 17.5 Å². The van der Waals surface area contributed by atoms with Crippen LogP contribution in [0, 0.1) is 10.1 Å². The van der Waals surface area contributed by atoms with E-state index in [-0.39, 0.29) is 6.42 Å². The number of benzene rings is 2. The highest BCUT2D eigenvalue weighted by Gasteiger charge is 2.35. The molecule has 0 heterocycles. The summed E-state index contributed by atoms with van der Waals surface area (Å²) < 4.78 is 44.0. The average Bonchev–Trinajstić information content (AvgIpc) is 2.67. The Morgan fingerprint density at radius 3 is 2.53 bits per heavy atom. The minimum Gasteiger partial charge on any atom is -0.456 e. The van der Waals surface area contributed by atoms with Gasteiger partial charge in [0.15, 0.2) is 6.61 Å². The summed E-state index contributed by atoms with van der Waals surface area (Å²) in [4.78, 5) is 34.0. The highest BCUT2D eigenvalue weighted by atomic mass is 35.5. The Morgan fingerprint density at radius 2 is 1.90 bits per heavy atom. The molecule has 2 aromatic carbocycles. The van der Waals surface area contributed by atoms with Gasteiger partial charge in [-0.05, 0) is 18.2 Å². The number of anilines is 1. The van der Waals surface area contributed by atoms with Crippen molar-refractivity contribution < 1.29 is 32.4 Å². The van der Waals surface area contributed by atoms with Crippen molar-refractivity contribution >= 4 is 46.6 Å². The molecule has 0 saturated heterocycles. The first-order valence-corrected chi connectivity index (χ1v) is 9.62. The maximum absolute atomic E-state index is 13.1. The smallest absolute Gasteiger partial charge is 0.418 e. The van der Waals surface area contributed by atoms with Gasteiger partial charge < -0.3 is 10.1 Å². The molecule has 160 valence electrons. The molecule has 2 aromatic rings. The largest absolute Gasteiger partial charge is 0.456 e. The maximum atomic E-state index is 13.1. The van der Waals surface area contributed by atoms with Crippen molar-refractivity contribution in [1.82, 2.24) is 0 Å². The molecule has 7 nitrogen and oxygen atoms in total. The van der Waals surface area contributed by atoms with E-state index in [1.165, 1.54) is 11.8 Å². The number of carbonyl (C=O) groups is 2. The third-order valence-electron chi connectivity index (χ3n) is 3.56. The van der Waals surface area contributed by atoms with Gasteiger partial charge in [-0.3, -0.25) is 19.7 Å². The van der Waals surface area contributed by atoms with Crippen LogP contribution in [0.5, 0.6) is 0 Å². The number of alkyl halides is 3. The van der Waals surface area contributed by atoms with E-state index in [1.807, 2.05) is 5.32 Å². The summed E-state index contributed by atoms with van der Waals surface area (Å²) in [6.45, 7) is -0.802. The van der Waals surface area contributed by atoms with Crippen LogP contribution in [0.25, 0.3) is 0 Å². The van der Waals surface area contributed by atoms with Crippen molar-refractivity contribution in [3.8, 4) is 0 Å². The second kappa shape index (κ2) is 10.3. The van der Waals surface area contributed by atoms with Gasteiger partial charge in [0, 0.05) is 22.8 Å². The van der Waals surface area contributed by atoms with Gasteiger partial charge >= 0.3 is 12.1 Å². The van der Waals surface area contributed by atoms with E-state index in [9.17, 15) is 32.9 Å². The number of hydrogen-bond acceptors (Lipinski definition) is 6. The van der Waals surface area contributed by atoms with E-state index in [0.29, 0.717) is 16.8 Å². The fourth-order valence-corrected chi connectivity index (χ4v) is 3.37. The average molecular weight is 463 g/mol. The van der Waals surface area contributed by atoms with Crippen LogP contribution >= 0.6 is 23.4 Å². The van der Waals surface area contributed by atoms with Crippen LogP contribution in [0.3, 0.4) is 0 Å². The summed E-state index contributed by atoms with van der Waals surface area (Å²) in [5.41, 5.74) is -2.83. The minimum absolute atomic E-state index is 0.0471. The van der Waals surface area contributed by atoms with Crippen LogP contribution in [-0.4, -0.2) is 29.2 Å². The zero-order valence-corrected chi connectivity index (χ0v) is 16.6. The number of thioether (sulfide) groups is 1. The van der Waals surface area contributed by atoms with Gasteiger partial charge in [-0.1, -0.05) is 23.7 Å². The first kappa shape index (κ1) is 23.5. The van der Waals surface area contributed by atoms with Crippen LogP contribution in [0.15, 0.2) is 47.4 Å². The molecule has 0 aliphatic rings. The van der Waals surface area contributed by atoms with Gasteiger partial charge in [-0.25, -0.2) is 0 Å². The molecule has 12 heteroatoms. The van der Waals surface area contributed by atoms with E-state index >= 15 is 0 Å². The molecule has 0 atom stereocenters. The lowest BCUT2D eigenvalue weighted by Crippen LogP contribution is -2.23. The Hall–Kier alpha value is -2.79. The number of hydrogen-bond donors (Lipinski definition) is 1. The second-order valence-electron chi connectivity index (χ2n) is 5.72. The maximum Gasteiger partial charge on any atom is 0.418 e. The zero-order valence-electron chi connectivity index (χ0n) is 15.1. The van der Waals surface area contributed by atoms with Crippen molar-refractivity contribution in [1.29, 1.82) is 0 Å². The van der Waals surface area contributed by atoms with Crippen molar-refractivity contribution in [3.05, 3.63) is 63.2 Å². The summed E-state index contributed by atoms with van der Waals surface area (Å²) in [6.07, 6.45) is -4.98. The molecule has 2 rings (SSSR count). The lowest BCUT2D eigenvalue weighted by Gasteiger charge is -2.13. The number of nitro benzene ring substituents is 1. The predicted octanol–water partition coefficient (Wildman–Crippen LogP) is 4.93. The van der Waals surface area contributed by atoms with Gasteiger partial charge in [0.25, 0.3) is 11.6 Å². The molecule has 1 amide bonds. The monoisotopic (exact) mass is 462 g/mol. The number of rotatable bonds is 8. The Labute approximate surface area is 177 Å². The standard InChI is InChI=1S/C18H14ClF3N2O5S/c19-13-3-1-2-4-15(13)30-8-7-17(26)29-10-16(25)23-14-6-5-11(24(27)28)9-12(14)18(20,21)22/h1-6,9H,7-8,10H2,(H,23,25). The van der Waals surface area contributed by atoms with E-state index < -0.39 is 46.5 Å². The lowest BCUT2D eigenvalue weighted by atomic mass is 10.1. The van der Waals surface area contributed by atoms with Gasteiger partial charge in [0.2, 0.25) is 0 Å². The zero-order chi connectivity index (χ0) is 22.3. The van der Waals surface area contributed by atoms with E-state index in [1.54, 1.807) is 24.3 Å². The van der Waals surface area contributed by atoms with Crippen LogP contribution in [-0.2, 0) is 20.5 Å². The Balaban J connectivity index is 1.87. The number of esters is 1. The number of nitrogens with zero attached hydrogens (tertiary/aromatic N) is 1. The van der Waals surface area contributed by atoms with E-state index in [0.717, 1.165) is 17.0 Å². The highest BCUT2D eigenvalue weighted by Crippen LogP contribution is 2.37. The second-order valence-corrected chi connectivity index (χ2v) is 7.27. The topological polar surface area (TPSA) is 98.5 Å². The number of halogens is 4. The fraction of sp³-hybridized carbons (Fsp3) is 0.222. The number of carbonyl (C=O) groups excluding carboxylic acids is 2. The van der Waals surface area contributed by atoms with E-state index in [4.69, 9.17) is 16.3 Å². The number of nitrogens with one attached hydrogen (secondary N) is 1.